The Kier molecular flexibility index (Phi) is 3.89. The second-order valence-corrected chi connectivity index (χ2v) is 6.69. The Hall–Kier alpha value is -0.550. The third-order valence-corrected chi connectivity index (χ3v) is 5.58. The Bertz CT molecular complexity index is 389. The second-order valence-electron chi connectivity index (χ2n) is 5.38. The maximum atomic E-state index is 5.87. The van der Waals surface area contributed by atoms with E-state index in [9.17, 15) is 0 Å². The topological polar surface area (TPSA) is 64.9 Å². The van der Waals surface area contributed by atoms with Crippen molar-refractivity contribution in [2.24, 2.45) is 11.7 Å². The lowest BCUT2D eigenvalue weighted by Crippen LogP contribution is -2.25. The van der Waals surface area contributed by atoms with Crippen LogP contribution in [-0.4, -0.2) is 22.4 Å². The minimum atomic E-state index is 0.399. The number of aromatic nitrogens is 2. The van der Waals surface area contributed by atoms with Crippen LogP contribution in [0.1, 0.15) is 61.4 Å². The van der Waals surface area contributed by atoms with Crippen molar-refractivity contribution in [1.82, 2.24) is 10.1 Å². The Labute approximate surface area is 112 Å². The molecule has 0 amide bonds. The zero-order valence-electron chi connectivity index (χ0n) is 10.7. The molecular weight excluding hydrogens is 246 g/mol. The first kappa shape index (κ1) is 12.5. The van der Waals surface area contributed by atoms with Gasteiger partial charge in [0.1, 0.15) is 0 Å². The first-order valence-electron chi connectivity index (χ1n) is 7.03. The summed E-state index contributed by atoms with van der Waals surface area (Å²) in [5.74, 6) is 3.91. The quantitative estimate of drug-likeness (QED) is 0.912. The van der Waals surface area contributed by atoms with Gasteiger partial charge in [-0.1, -0.05) is 18.0 Å². The first-order valence-corrected chi connectivity index (χ1v) is 8.08. The van der Waals surface area contributed by atoms with E-state index in [1.807, 2.05) is 11.8 Å². The van der Waals surface area contributed by atoms with Gasteiger partial charge < -0.3 is 10.3 Å². The maximum Gasteiger partial charge on any atom is 0.230 e. The molecule has 1 aromatic rings. The van der Waals surface area contributed by atoms with Crippen molar-refractivity contribution in [3.05, 3.63) is 11.7 Å². The highest BCUT2D eigenvalue weighted by atomic mass is 32.2. The largest absolute Gasteiger partial charge is 0.339 e. The molecule has 2 heterocycles. The zero-order valence-corrected chi connectivity index (χ0v) is 11.5. The van der Waals surface area contributed by atoms with Crippen LogP contribution < -0.4 is 5.73 Å². The molecule has 100 valence electrons. The molecule has 0 aromatic carbocycles. The molecular formula is C13H21N3OS. The third kappa shape index (κ3) is 2.43. The molecule has 1 saturated heterocycles. The fourth-order valence-electron chi connectivity index (χ4n) is 3.12. The molecule has 1 aliphatic carbocycles. The van der Waals surface area contributed by atoms with Crippen molar-refractivity contribution >= 4 is 11.8 Å². The molecule has 1 aliphatic heterocycles. The van der Waals surface area contributed by atoms with Crippen molar-refractivity contribution < 1.29 is 4.52 Å². The van der Waals surface area contributed by atoms with Crippen molar-refractivity contribution in [3.63, 3.8) is 0 Å². The monoisotopic (exact) mass is 267 g/mol. The van der Waals surface area contributed by atoms with Crippen molar-refractivity contribution in [1.29, 1.82) is 0 Å². The molecule has 18 heavy (non-hydrogen) atoms. The van der Waals surface area contributed by atoms with Gasteiger partial charge in [-0.3, -0.25) is 0 Å². The van der Waals surface area contributed by atoms with Gasteiger partial charge >= 0.3 is 0 Å². The van der Waals surface area contributed by atoms with Gasteiger partial charge in [0.2, 0.25) is 5.89 Å². The van der Waals surface area contributed by atoms with Crippen LogP contribution in [0.3, 0.4) is 0 Å². The molecule has 4 nitrogen and oxygen atoms in total. The summed E-state index contributed by atoms with van der Waals surface area (Å²) in [7, 11) is 0. The summed E-state index contributed by atoms with van der Waals surface area (Å²) in [5.41, 5.74) is 5.87. The van der Waals surface area contributed by atoms with Crippen LogP contribution in [0.5, 0.6) is 0 Å². The van der Waals surface area contributed by atoms with Gasteiger partial charge in [0.05, 0.1) is 5.25 Å². The van der Waals surface area contributed by atoms with Gasteiger partial charge in [-0.25, -0.2) is 0 Å². The van der Waals surface area contributed by atoms with Crippen molar-refractivity contribution in [2.75, 3.05) is 12.3 Å². The Morgan fingerprint density at radius 1 is 1.22 bits per heavy atom. The predicted molar refractivity (Wildman–Crippen MR) is 72.5 cm³/mol. The molecule has 2 fully saturated rings. The SMILES string of the molecule is NCC1CCCCC1c1nc(C2CCCS2)no1. The summed E-state index contributed by atoms with van der Waals surface area (Å²) < 4.78 is 5.52. The van der Waals surface area contributed by atoms with Gasteiger partial charge in [-0.2, -0.15) is 16.7 Å². The minimum Gasteiger partial charge on any atom is -0.339 e. The number of nitrogens with two attached hydrogens (primary N) is 1. The molecule has 2 aliphatic rings. The van der Waals surface area contributed by atoms with E-state index in [0.717, 1.165) is 24.7 Å². The van der Waals surface area contributed by atoms with E-state index in [1.165, 1.54) is 37.9 Å². The summed E-state index contributed by atoms with van der Waals surface area (Å²) in [5, 5.41) is 4.65. The first-order chi connectivity index (χ1) is 8.88. The van der Waals surface area contributed by atoms with Crippen molar-refractivity contribution in [2.45, 2.75) is 49.7 Å². The Balaban J connectivity index is 1.74. The van der Waals surface area contributed by atoms with Crippen LogP contribution in [-0.2, 0) is 0 Å². The fraction of sp³-hybridized carbons (Fsp3) is 0.846. The lowest BCUT2D eigenvalue weighted by atomic mass is 9.79. The van der Waals surface area contributed by atoms with Crippen LogP contribution in [0.2, 0.25) is 0 Å². The smallest absolute Gasteiger partial charge is 0.230 e. The van der Waals surface area contributed by atoms with E-state index in [2.05, 4.69) is 10.1 Å². The summed E-state index contributed by atoms with van der Waals surface area (Å²) >= 11 is 1.95. The van der Waals surface area contributed by atoms with Crippen LogP contribution in [0, 0.1) is 5.92 Å². The number of thioether (sulfide) groups is 1. The number of rotatable bonds is 3. The molecule has 1 saturated carbocycles. The zero-order chi connectivity index (χ0) is 12.4. The number of hydrogen-bond donors (Lipinski definition) is 1. The average Bonchev–Trinajstić information content (AvgIpc) is 3.09. The molecule has 0 spiro atoms. The van der Waals surface area contributed by atoms with Crippen LogP contribution in [0.15, 0.2) is 4.52 Å². The van der Waals surface area contributed by atoms with Gasteiger partial charge in [-0.15, -0.1) is 0 Å². The van der Waals surface area contributed by atoms with E-state index in [0.29, 0.717) is 17.1 Å². The fourth-order valence-corrected chi connectivity index (χ4v) is 4.32. The third-order valence-electron chi connectivity index (χ3n) is 4.20. The van der Waals surface area contributed by atoms with Crippen LogP contribution >= 0.6 is 11.8 Å². The summed E-state index contributed by atoms with van der Waals surface area (Å²) in [6.45, 7) is 0.737. The van der Waals surface area contributed by atoms with E-state index in [4.69, 9.17) is 10.3 Å². The standard InChI is InChI=1S/C13H21N3OS/c14-8-9-4-1-2-5-10(9)13-15-12(16-17-13)11-6-3-7-18-11/h9-11H,1-8,14H2. The molecule has 0 radical (unpaired) electrons. The Morgan fingerprint density at radius 2 is 2.11 bits per heavy atom. The van der Waals surface area contributed by atoms with Gasteiger partial charge in [0.15, 0.2) is 5.82 Å². The Morgan fingerprint density at radius 3 is 2.89 bits per heavy atom. The predicted octanol–water partition coefficient (Wildman–Crippen LogP) is 2.87. The normalized spacial score (nSPS) is 32.8. The summed E-state index contributed by atoms with van der Waals surface area (Å²) in [6.07, 6.45) is 7.37. The molecule has 3 atom stereocenters. The second kappa shape index (κ2) is 5.61. The van der Waals surface area contributed by atoms with Crippen LogP contribution in [0.25, 0.3) is 0 Å². The molecule has 5 heteroatoms. The highest BCUT2D eigenvalue weighted by Crippen LogP contribution is 2.40. The minimum absolute atomic E-state index is 0.399. The molecule has 3 rings (SSSR count). The lowest BCUT2D eigenvalue weighted by molar-refractivity contribution is 0.249. The summed E-state index contributed by atoms with van der Waals surface area (Å²) in [4.78, 5) is 4.66. The lowest BCUT2D eigenvalue weighted by Gasteiger charge is -2.27. The molecule has 1 aromatic heterocycles. The highest BCUT2D eigenvalue weighted by molar-refractivity contribution is 7.99. The average molecular weight is 267 g/mol. The van der Waals surface area contributed by atoms with Crippen LogP contribution in [0.4, 0.5) is 0 Å². The van der Waals surface area contributed by atoms with Gasteiger partial charge in [-0.05, 0) is 43.9 Å². The van der Waals surface area contributed by atoms with E-state index in [1.54, 1.807) is 0 Å². The summed E-state index contributed by atoms with van der Waals surface area (Å²) in [6, 6.07) is 0. The van der Waals surface area contributed by atoms with E-state index >= 15 is 0 Å². The van der Waals surface area contributed by atoms with E-state index in [-0.39, 0.29) is 0 Å². The molecule has 2 N–H and O–H groups in total. The number of hydrogen-bond acceptors (Lipinski definition) is 5. The molecule has 0 bridgehead atoms. The highest BCUT2D eigenvalue weighted by Gasteiger charge is 2.31. The van der Waals surface area contributed by atoms with E-state index < -0.39 is 0 Å². The number of nitrogens with zero attached hydrogens (tertiary/aromatic N) is 2. The maximum absolute atomic E-state index is 5.87. The van der Waals surface area contributed by atoms with Gasteiger partial charge in [0, 0.05) is 5.92 Å². The van der Waals surface area contributed by atoms with Gasteiger partial charge in [0.25, 0.3) is 0 Å². The molecule has 3 unspecified atom stereocenters. The van der Waals surface area contributed by atoms with Crippen molar-refractivity contribution in [3.8, 4) is 0 Å².